The van der Waals surface area contributed by atoms with Gasteiger partial charge in [0.2, 0.25) is 0 Å². The fraction of sp³-hybridized carbons (Fsp3) is 0.294. The number of aromatic nitrogens is 2. The van der Waals surface area contributed by atoms with Crippen LogP contribution in [-0.4, -0.2) is 37.9 Å². The third-order valence-electron chi connectivity index (χ3n) is 3.61. The van der Waals surface area contributed by atoms with E-state index in [1.807, 2.05) is 30.3 Å². The quantitative estimate of drug-likeness (QED) is 0.915. The van der Waals surface area contributed by atoms with E-state index in [1.165, 1.54) is 18.0 Å². The Bertz CT molecular complexity index is 716. The van der Waals surface area contributed by atoms with Gasteiger partial charge in [-0.05, 0) is 26.3 Å². The topological polar surface area (TPSA) is 83.4 Å². The summed E-state index contributed by atoms with van der Waals surface area (Å²) in [6, 6.07) is 8.32. The number of hydrogen-bond acceptors (Lipinski definition) is 4. The van der Waals surface area contributed by atoms with Crippen LogP contribution >= 0.6 is 0 Å². The molecule has 1 heterocycles. The Morgan fingerprint density at radius 3 is 2.43 bits per heavy atom. The molecule has 0 bridgehead atoms. The number of aryl methyl sites for hydroxylation is 2. The van der Waals surface area contributed by atoms with Crippen LogP contribution in [0.3, 0.4) is 0 Å². The number of benzene rings is 1. The summed E-state index contributed by atoms with van der Waals surface area (Å²) in [7, 11) is 0. The van der Waals surface area contributed by atoms with Crippen molar-refractivity contribution in [2.45, 2.75) is 33.4 Å². The molecule has 1 aromatic carbocycles. The van der Waals surface area contributed by atoms with E-state index in [1.54, 1.807) is 13.8 Å². The largest absolute Gasteiger partial charge is 0.480 e. The number of carbonyl (C=O) groups excluding carboxylic acids is 1. The van der Waals surface area contributed by atoms with Gasteiger partial charge in [-0.2, -0.15) is 0 Å². The molecule has 120 valence electrons. The van der Waals surface area contributed by atoms with Crippen molar-refractivity contribution < 1.29 is 14.7 Å². The van der Waals surface area contributed by atoms with Gasteiger partial charge in [0.25, 0.3) is 5.91 Å². The van der Waals surface area contributed by atoms with E-state index in [9.17, 15) is 14.7 Å². The van der Waals surface area contributed by atoms with Crippen molar-refractivity contribution >= 4 is 11.9 Å². The van der Waals surface area contributed by atoms with Crippen LogP contribution in [0, 0.1) is 13.8 Å². The molecule has 1 unspecified atom stereocenters. The van der Waals surface area contributed by atoms with Gasteiger partial charge in [-0.25, -0.2) is 14.8 Å². The molecule has 1 aromatic heterocycles. The first-order valence-corrected chi connectivity index (χ1v) is 7.28. The Labute approximate surface area is 134 Å². The van der Waals surface area contributed by atoms with Gasteiger partial charge in [0, 0.05) is 12.7 Å². The van der Waals surface area contributed by atoms with Crippen molar-refractivity contribution in [3.63, 3.8) is 0 Å². The Kier molecular flexibility index (Phi) is 5.05. The van der Waals surface area contributed by atoms with E-state index < -0.39 is 12.0 Å². The Morgan fingerprint density at radius 1 is 1.22 bits per heavy atom. The van der Waals surface area contributed by atoms with Gasteiger partial charge in [-0.15, -0.1) is 0 Å². The Hall–Kier alpha value is -2.76. The van der Waals surface area contributed by atoms with Crippen molar-refractivity contribution in [3.8, 4) is 0 Å². The molecule has 6 heteroatoms. The molecule has 6 nitrogen and oxygen atoms in total. The van der Waals surface area contributed by atoms with E-state index in [0.29, 0.717) is 17.1 Å². The Morgan fingerprint density at radius 2 is 1.87 bits per heavy atom. The number of amides is 1. The molecule has 0 fully saturated rings. The summed E-state index contributed by atoms with van der Waals surface area (Å²) in [6.45, 7) is 5.16. The fourth-order valence-electron chi connectivity index (χ4n) is 2.25. The van der Waals surface area contributed by atoms with Crippen LogP contribution in [0.25, 0.3) is 0 Å². The summed E-state index contributed by atoms with van der Waals surface area (Å²) < 4.78 is 0. The molecule has 0 radical (unpaired) electrons. The number of rotatable bonds is 5. The van der Waals surface area contributed by atoms with E-state index in [-0.39, 0.29) is 12.5 Å². The van der Waals surface area contributed by atoms with Gasteiger partial charge in [-0.1, -0.05) is 30.3 Å². The highest BCUT2D eigenvalue weighted by molar-refractivity contribution is 5.97. The van der Waals surface area contributed by atoms with Gasteiger partial charge in [0.1, 0.15) is 11.9 Å². The van der Waals surface area contributed by atoms with Crippen molar-refractivity contribution in [3.05, 3.63) is 59.2 Å². The average Bonchev–Trinajstić information content (AvgIpc) is 2.52. The molecule has 1 N–H and O–H groups in total. The molecular weight excluding hydrogens is 294 g/mol. The van der Waals surface area contributed by atoms with E-state index in [4.69, 9.17) is 0 Å². The number of hydrogen-bond donors (Lipinski definition) is 1. The van der Waals surface area contributed by atoms with Gasteiger partial charge >= 0.3 is 5.97 Å². The second kappa shape index (κ2) is 7.00. The van der Waals surface area contributed by atoms with Crippen molar-refractivity contribution in [2.75, 3.05) is 0 Å². The summed E-state index contributed by atoms with van der Waals surface area (Å²) in [5.41, 5.74) is 1.72. The normalized spacial score (nSPS) is 11.8. The highest BCUT2D eigenvalue weighted by Crippen LogP contribution is 2.15. The lowest BCUT2D eigenvalue weighted by molar-refractivity contribution is -0.141. The minimum absolute atomic E-state index is 0.209. The molecule has 1 atom stereocenters. The van der Waals surface area contributed by atoms with Gasteiger partial charge < -0.3 is 10.0 Å². The third kappa shape index (κ3) is 3.91. The van der Waals surface area contributed by atoms with Crippen LogP contribution in [0.1, 0.15) is 34.4 Å². The first kappa shape index (κ1) is 16.6. The molecule has 0 spiro atoms. The first-order chi connectivity index (χ1) is 10.9. The predicted molar refractivity (Wildman–Crippen MR) is 84.9 cm³/mol. The molecule has 2 rings (SSSR count). The maximum Gasteiger partial charge on any atom is 0.326 e. The molecule has 23 heavy (non-hydrogen) atoms. The van der Waals surface area contributed by atoms with Crippen LogP contribution in [0.4, 0.5) is 0 Å². The van der Waals surface area contributed by atoms with E-state index >= 15 is 0 Å². The SMILES string of the molecule is Cc1ncc(C(=O)N(Cc2ccccc2)C(C)C(=O)O)c(C)n1. The highest BCUT2D eigenvalue weighted by atomic mass is 16.4. The van der Waals surface area contributed by atoms with E-state index in [2.05, 4.69) is 9.97 Å². The van der Waals surface area contributed by atoms with Gasteiger partial charge in [0.15, 0.2) is 0 Å². The average molecular weight is 313 g/mol. The molecular formula is C17H19N3O3. The lowest BCUT2D eigenvalue weighted by atomic mass is 10.1. The second-order valence-corrected chi connectivity index (χ2v) is 5.35. The smallest absolute Gasteiger partial charge is 0.326 e. The monoisotopic (exact) mass is 313 g/mol. The molecule has 0 aliphatic heterocycles. The second-order valence-electron chi connectivity index (χ2n) is 5.35. The minimum Gasteiger partial charge on any atom is -0.480 e. The number of carbonyl (C=O) groups is 2. The first-order valence-electron chi connectivity index (χ1n) is 7.28. The molecule has 0 aliphatic carbocycles. The number of nitrogens with zero attached hydrogens (tertiary/aromatic N) is 3. The van der Waals surface area contributed by atoms with Gasteiger partial charge in [0.05, 0.1) is 11.3 Å². The predicted octanol–water partition coefficient (Wildman–Crippen LogP) is 2.21. The van der Waals surface area contributed by atoms with Crippen molar-refractivity contribution in [1.29, 1.82) is 0 Å². The zero-order valence-corrected chi connectivity index (χ0v) is 13.4. The molecule has 0 saturated heterocycles. The Balaban J connectivity index is 2.36. The fourth-order valence-corrected chi connectivity index (χ4v) is 2.25. The zero-order chi connectivity index (χ0) is 17.0. The van der Waals surface area contributed by atoms with E-state index in [0.717, 1.165) is 5.56 Å². The van der Waals surface area contributed by atoms with Crippen LogP contribution < -0.4 is 0 Å². The lowest BCUT2D eigenvalue weighted by Crippen LogP contribution is -2.43. The summed E-state index contributed by atoms with van der Waals surface area (Å²) in [5, 5.41) is 9.31. The lowest BCUT2D eigenvalue weighted by Gasteiger charge is -2.27. The van der Waals surface area contributed by atoms with Crippen LogP contribution in [-0.2, 0) is 11.3 Å². The summed E-state index contributed by atoms with van der Waals surface area (Å²) in [4.78, 5) is 33.7. The maximum absolute atomic E-state index is 12.8. The highest BCUT2D eigenvalue weighted by Gasteiger charge is 2.28. The molecule has 2 aromatic rings. The summed E-state index contributed by atoms with van der Waals surface area (Å²) in [5.74, 6) is -0.874. The van der Waals surface area contributed by atoms with Crippen molar-refractivity contribution in [2.24, 2.45) is 0 Å². The molecule has 0 saturated carbocycles. The maximum atomic E-state index is 12.8. The van der Waals surface area contributed by atoms with Crippen LogP contribution in [0.5, 0.6) is 0 Å². The minimum atomic E-state index is -1.06. The number of carboxylic acid groups (broad SMARTS) is 1. The summed E-state index contributed by atoms with van der Waals surface area (Å²) >= 11 is 0. The van der Waals surface area contributed by atoms with Crippen LogP contribution in [0.2, 0.25) is 0 Å². The van der Waals surface area contributed by atoms with Crippen molar-refractivity contribution in [1.82, 2.24) is 14.9 Å². The van der Waals surface area contributed by atoms with Crippen LogP contribution in [0.15, 0.2) is 36.5 Å². The molecule has 0 aliphatic rings. The third-order valence-corrected chi connectivity index (χ3v) is 3.61. The number of aliphatic carboxylic acids is 1. The van der Waals surface area contributed by atoms with Gasteiger partial charge in [-0.3, -0.25) is 4.79 Å². The zero-order valence-electron chi connectivity index (χ0n) is 13.4. The standard InChI is InChI=1S/C17H19N3O3/c1-11-15(9-18-13(3)19-11)16(21)20(12(2)17(22)23)10-14-7-5-4-6-8-14/h4-9,12H,10H2,1-3H3,(H,22,23). The molecule has 1 amide bonds. The number of carboxylic acids is 1. The summed E-state index contributed by atoms with van der Waals surface area (Å²) in [6.07, 6.45) is 1.45.